The van der Waals surface area contributed by atoms with Crippen molar-refractivity contribution in [2.45, 2.75) is 13.5 Å². The van der Waals surface area contributed by atoms with Gasteiger partial charge in [-0.05, 0) is 35.2 Å². The van der Waals surface area contributed by atoms with Crippen molar-refractivity contribution in [3.63, 3.8) is 0 Å². The fraction of sp³-hybridized carbons (Fsp3) is 0.364. The molecule has 0 aliphatic heterocycles. The van der Waals surface area contributed by atoms with Crippen molar-refractivity contribution in [1.82, 2.24) is 25.5 Å². The van der Waals surface area contributed by atoms with Gasteiger partial charge in [0, 0.05) is 4.47 Å². The van der Waals surface area contributed by atoms with E-state index in [0.717, 1.165) is 28.3 Å². The Bertz CT molecular complexity index is 528. The van der Waals surface area contributed by atoms with Crippen LogP contribution in [-0.4, -0.2) is 33.9 Å². The summed E-state index contributed by atoms with van der Waals surface area (Å²) in [5.74, 6) is 1.47. The molecule has 0 saturated carbocycles. The van der Waals surface area contributed by atoms with Gasteiger partial charge in [0.15, 0.2) is 5.82 Å². The molecule has 0 fully saturated rings. The van der Waals surface area contributed by atoms with E-state index < -0.39 is 0 Å². The van der Waals surface area contributed by atoms with E-state index in [4.69, 9.17) is 4.74 Å². The van der Waals surface area contributed by atoms with Crippen LogP contribution in [0.15, 0.2) is 22.7 Å². The van der Waals surface area contributed by atoms with E-state index in [2.05, 4.69) is 36.8 Å². The van der Waals surface area contributed by atoms with Gasteiger partial charge in [-0.1, -0.05) is 22.9 Å². The Kier molecular flexibility index (Phi) is 4.27. The molecule has 0 bridgehead atoms. The van der Waals surface area contributed by atoms with Gasteiger partial charge in [-0.2, -0.15) is 4.68 Å². The normalized spacial score (nSPS) is 10.6. The minimum Gasteiger partial charge on any atom is -0.494 e. The number of nitrogens with zero attached hydrogens (tertiary/aromatic N) is 4. The van der Waals surface area contributed by atoms with Crippen molar-refractivity contribution >= 4 is 15.9 Å². The van der Waals surface area contributed by atoms with Crippen LogP contribution in [0.25, 0.3) is 5.69 Å². The van der Waals surface area contributed by atoms with Gasteiger partial charge in [0.2, 0.25) is 0 Å². The highest BCUT2D eigenvalue weighted by molar-refractivity contribution is 9.10. The number of rotatable bonds is 5. The molecule has 0 aliphatic rings. The molecule has 6 nitrogen and oxygen atoms in total. The van der Waals surface area contributed by atoms with Crippen LogP contribution < -0.4 is 10.1 Å². The molecule has 0 atom stereocenters. The second kappa shape index (κ2) is 5.92. The Hall–Kier alpha value is -1.47. The number of tetrazole rings is 1. The molecule has 7 heteroatoms. The number of aromatic nitrogens is 4. The van der Waals surface area contributed by atoms with Gasteiger partial charge in [-0.3, -0.25) is 0 Å². The fourth-order valence-electron chi connectivity index (χ4n) is 1.57. The highest BCUT2D eigenvalue weighted by Crippen LogP contribution is 2.26. The number of hydrogen-bond donors (Lipinski definition) is 1. The van der Waals surface area contributed by atoms with Crippen LogP contribution in [0.3, 0.4) is 0 Å². The second-order valence-corrected chi connectivity index (χ2v) is 4.52. The van der Waals surface area contributed by atoms with Gasteiger partial charge in [-0.25, -0.2) is 0 Å². The van der Waals surface area contributed by atoms with E-state index in [1.54, 1.807) is 11.8 Å². The summed E-state index contributed by atoms with van der Waals surface area (Å²) in [6, 6.07) is 5.71. The van der Waals surface area contributed by atoms with Crippen molar-refractivity contribution < 1.29 is 4.74 Å². The molecular weight excluding hydrogens is 298 g/mol. The summed E-state index contributed by atoms with van der Waals surface area (Å²) in [6.07, 6.45) is 0. The maximum Gasteiger partial charge on any atom is 0.170 e. The topological polar surface area (TPSA) is 64.9 Å². The number of nitrogens with one attached hydrogen (secondary N) is 1. The molecule has 1 aromatic heterocycles. The van der Waals surface area contributed by atoms with Crippen LogP contribution >= 0.6 is 15.9 Å². The lowest BCUT2D eigenvalue weighted by Crippen LogP contribution is -2.16. The Morgan fingerprint density at radius 1 is 1.44 bits per heavy atom. The molecule has 0 aliphatic carbocycles. The van der Waals surface area contributed by atoms with Crippen LogP contribution in [0.4, 0.5) is 0 Å². The molecule has 96 valence electrons. The number of ether oxygens (including phenoxy) is 1. The van der Waals surface area contributed by atoms with Gasteiger partial charge in [0.05, 0.1) is 13.7 Å². The predicted octanol–water partition coefficient (Wildman–Crippen LogP) is 1.54. The zero-order valence-corrected chi connectivity index (χ0v) is 11.8. The smallest absolute Gasteiger partial charge is 0.170 e. The molecule has 0 amide bonds. The van der Waals surface area contributed by atoms with Crippen LogP contribution in [0.1, 0.15) is 12.7 Å². The molecule has 2 rings (SSSR count). The molecular formula is C11H14BrN5O. The van der Waals surface area contributed by atoms with E-state index in [-0.39, 0.29) is 0 Å². The second-order valence-electron chi connectivity index (χ2n) is 3.60. The molecule has 0 unspecified atom stereocenters. The molecule has 2 aromatic rings. The third kappa shape index (κ3) is 2.68. The van der Waals surface area contributed by atoms with Crippen LogP contribution in [0.5, 0.6) is 5.75 Å². The molecule has 1 N–H and O–H groups in total. The maximum atomic E-state index is 5.33. The van der Waals surface area contributed by atoms with E-state index >= 15 is 0 Å². The molecule has 0 spiro atoms. The number of methoxy groups -OCH3 is 1. The summed E-state index contributed by atoms with van der Waals surface area (Å²) in [4.78, 5) is 0. The lowest BCUT2D eigenvalue weighted by molar-refractivity contribution is 0.410. The summed E-state index contributed by atoms with van der Waals surface area (Å²) in [7, 11) is 1.63. The minimum absolute atomic E-state index is 0.610. The third-order valence-electron chi connectivity index (χ3n) is 2.44. The standard InChI is InChI=1S/C11H14BrN5O/c1-3-13-7-11-14-15-16-17(11)9-6-8(12)4-5-10(9)18-2/h4-6,13H,3,7H2,1-2H3. The lowest BCUT2D eigenvalue weighted by Gasteiger charge is -2.10. The average Bonchev–Trinajstić information content (AvgIpc) is 2.84. The van der Waals surface area contributed by atoms with Crippen molar-refractivity contribution in [2.24, 2.45) is 0 Å². The monoisotopic (exact) mass is 311 g/mol. The van der Waals surface area contributed by atoms with E-state index in [1.165, 1.54) is 0 Å². The van der Waals surface area contributed by atoms with E-state index in [0.29, 0.717) is 6.54 Å². The first-order chi connectivity index (χ1) is 8.76. The van der Waals surface area contributed by atoms with Crippen LogP contribution in [0.2, 0.25) is 0 Å². The first kappa shape index (κ1) is 13.0. The maximum absolute atomic E-state index is 5.33. The third-order valence-corrected chi connectivity index (χ3v) is 2.93. The Morgan fingerprint density at radius 3 is 3.00 bits per heavy atom. The molecule has 18 heavy (non-hydrogen) atoms. The Labute approximate surface area is 113 Å². The molecule has 0 saturated heterocycles. The minimum atomic E-state index is 0.610. The largest absolute Gasteiger partial charge is 0.494 e. The zero-order chi connectivity index (χ0) is 13.0. The van der Waals surface area contributed by atoms with Gasteiger partial charge < -0.3 is 10.1 Å². The quantitative estimate of drug-likeness (QED) is 0.907. The van der Waals surface area contributed by atoms with Gasteiger partial charge in [-0.15, -0.1) is 5.10 Å². The van der Waals surface area contributed by atoms with Crippen molar-refractivity contribution in [3.8, 4) is 11.4 Å². The van der Waals surface area contributed by atoms with Gasteiger partial charge in [0.1, 0.15) is 11.4 Å². The zero-order valence-electron chi connectivity index (χ0n) is 10.2. The average molecular weight is 312 g/mol. The van der Waals surface area contributed by atoms with E-state index in [9.17, 15) is 0 Å². The first-order valence-corrected chi connectivity index (χ1v) is 6.37. The van der Waals surface area contributed by atoms with Crippen LogP contribution in [0, 0.1) is 0 Å². The fourth-order valence-corrected chi connectivity index (χ4v) is 1.92. The Balaban J connectivity index is 2.41. The Morgan fingerprint density at radius 2 is 2.28 bits per heavy atom. The van der Waals surface area contributed by atoms with Crippen LogP contribution in [-0.2, 0) is 6.54 Å². The molecule has 1 aromatic carbocycles. The summed E-state index contributed by atoms with van der Waals surface area (Å²) in [5.41, 5.74) is 0.810. The summed E-state index contributed by atoms with van der Waals surface area (Å²) < 4.78 is 7.95. The van der Waals surface area contributed by atoms with Gasteiger partial charge >= 0.3 is 0 Å². The SMILES string of the molecule is CCNCc1nnnn1-c1cc(Br)ccc1OC. The van der Waals surface area contributed by atoms with Crippen molar-refractivity contribution in [1.29, 1.82) is 0 Å². The molecule has 0 radical (unpaired) electrons. The van der Waals surface area contributed by atoms with E-state index in [1.807, 2.05) is 25.1 Å². The number of benzene rings is 1. The molecule has 1 heterocycles. The predicted molar refractivity (Wildman–Crippen MR) is 70.8 cm³/mol. The van der Waals surface area contributed by atoms with Gasteiger partial charge in [0.25, 0.3) is 0 Å². The summed E-state index contributed by atoms with van der Waals surface area (Å²) in [5, 5.41) is 14.9. The highest BCUT2D eigenvalue weighted by Gasteiger charge is 2.12. The summed E-state index contributed by atoms with van der Waals surface area (Å²) in [6.45, 7) is 3.51. The van der Waals surface area contributed by atoms with Crippen molar-refractivity contribution in [2.75, 3.05) is 13.7 Å². The number of hydrogen-bond acceptors (Lipinski definition) is 5. The summed E-state index contributed by atoms with van der Waals surface area (Å²) >= 11 is 3.44. The number of halogens is 1. The lowest BCUT2D eigenvalue weighted by atomic mass is 10.3. The highest BCUT2D eigenvalue weighted by atomic mass is 79.9. The van der Waals surface area contributed by atoms with Crippen molar-refractivity contribution in [3.05, 3.63) is 28.5 Å². The first-order valence-electron chi connectivity index (χ1n) is 5.58.